The summed E-state index contributed by atoms with van der Waals surface area (Å²) >= 11 is 0. The van der Waals surface area contributed by atoms with E-state index in [1.807, 2.05) is 19.1 Å². The Labute approximate surface area is 107 Å². The summed E-state index contributed by atoms with van der Waals surface area (Å²) in [5.41, 5.74) is -0.522. The minimum Gasteiger partial charge on any atom is -0.417 e. The third-order valence-corrected chi connectivity index (χ3v) is 8.85. The molecule has 0 heterocycles. The highest BCUT2D eigenvalue weighted by Crippen LogP contribution is 2.47. The van der Waals surface area contributed by atoms with Gasteiger partial charge in [-0.3, -0.25) is 0 Å². The summed E-state index contributed by atoms with van der Waals surface area (Å²) in [5.74, 6) is 0.406. The summed E-state index contributed by atoms with van der Waals surface area (Å²) in [6, 6.07) is 0. The van der Waals surface area contributed by atoms with Gasteiger partial charge in [-0.05, 0) is 43.8 Å². The molecular weight excluding hydrogens is 228 g/mol. The molecule has 0 unspecified atom stereocenters. The summed E-state index contributed by atoms with van der Waals surface area (Å²) in [7, 11) is -1.61. The monoisotopic (exact) mass is 256 g/mol. The Hall–Kier alpha value is -0.123. The van der Waals surface area contributed by atoms with Gasteiger partial charge in [0.25, 0.3) is 0 Å². The second-order valence-electron chi connectivity index (χ2n) is 6.79. The van der Waals surface area contributed by atoms with Crippen molar-refractivity contribution >= 4 is 8.32 Å². The Morgan fingerprint density at radius 3 is 2.47 bits per heavy atom. The van der Waals surface area contributed by atoms with Crippen LogP contribution < -0.4 is 0 Å². The molecule has 1 rings (SSSR count). The molecule has 1 fully saturated rings. The van der Waals surface area contributed by atoms with Crippen LogP contribution in [0.4, 0.5) is 0 Å². The summed E-state index contributed by atoms with van der Waals surface area (Å²) in [6.07, 6.45) is 5.74. The Morgan fingerprint density at radius 1 is 1.41 bits per heavy atom. The van der Waals surface area contributed by atoms with E-state index in [-0.39, 0.29) is 5.04 Å². The Kier molecular flexibility index (Phi) is 4.27. The van der Waals surface area contributed by atoms with Crippen LogP contribution in [-0.4, -0.2) is 25.6 Å². The Balaban J connectivity index is 2.31. The van der Waals surface area contributed by atoms with Gasteiger partial charge in [-0.25, -0.2) is 0 Å². The molecule has 0 aliphatic heterocycles. The maximum absolute atomic E-state index is 10.0. The first-order valence-corrected chi connectivity index (χ1v) is 9.53. The SMILES string of the molecule is C/C=C/[C@]1(O)C[C@H]1CCO[Si](C)(C)C(C)(C)C. The number of rotatable bonds is 5. The fourth-order valence-corrected chi connectivity index (χ4v) is 2.91. The standard InChI is InChI=1S/C14H28O2Si/c1-7-9-14(15)11-12(14)8-10-16-17(5,6)13(2,3)4/h7,9,12,15H,8,10-11H2,1-6H3/b9-7+/t12-,14+/m1/s1. The van der Waals surface area contributed by atoms with E-state index in [1.165, 1.54) is 0 Å². The summed E-state index contributed by atoms with van der Waals surface area (Å²) in [4.78, 5) is 0. The van der Waals surface area contributed by atoms with Crippen LogP contribution in [0.2, 0.25) is 18.1 Å². The molecule has 0 saturated heterocycles. The van der Waals surface area contributed by atoms with Crippen molar-refractivity contribution in [3.63, 3.8) is 0 Å². The Bertz CT molecular complexity index is 291. The average molecular weight is 256 g/mol. The van der Waals surface area contributed by atoms with Crippen LogP contribution in [0.15, 0.2) is 12.2 Å². The van der Waals surface area contributed by atoms with Crippen molar-refractivity contribution in [1.29, 1.82) is 0 Å². The van der Waals surface area contributed by atoms with Crippen molar-refractivity contribution in [2.45, 2.75) is 64.3 Å². The number of hydrogen-bond acceptors (Lipinski definition) is 2. The zero-order valence-electron chi connectivity index (χ0n) is 12.2. The summed E-state index contributed by atoms with van der Waals surface area (Å²) in [6.45, 7) is 14.1. The average Bonchev–Trinajstić information content (AvgIpc) is 2.75. The molecule has 1 aliphatic rings. The van der Waals surface area contributed by atoms with Crippen LogP contribution in [0.25, 0.3) is 0 Å². The molecule has 0 spiro atoms. The molecule has 1 aliphatic carbocycles. The first kappa shape index (κ1) is 14.9. The highest BCUT2D eigenvalue weighted by molar-refractivity contribution is 6.74. The Morgan fingerprint density at radius 2 is 2.00 bits per heavy atom. The second kappa shape index (κ2) is 4.86. The lowest BCUT2D eigenvalue weighted by atomic mass is 10.2. The molecule has 0 amide bonds. The fraction of sp³-hybridized carbons (Fsp3) is 0.857. The lowest BCUT2D eigenvalue weighted by Crippen LogP contribution is -2.41. The molecule has 0 aromatic rings. The normalized spacial score (nSPS) is 29.9. The van der Waals surface area contributed by atoms with Gasteiger partial charge in [-0.15, -0.1) is 0 Å². The van der Waals surface area contributed by atoms with Crippen LogP contribution in [0, 0.1) is 5.92 Å². The van der Waals surface area contributed by atoms with Crippen LogP contribution >= 0.6 is 0 Å². The lowest BCUT2D eigenvalue weighted by molar-refractivity contribution is 0.170. The van der Waals surface area contributed by atoms with Gasteiger partial charge in [-0.1, -0.05) is 32.9 Å². The van der Waals surface area contributed by atoms with E-state index in [4.69, 9.17) is 4.43 Å². The molecule has 0 radical (unpaired) electrons. The van der Waals surface area contributed by atoms with Gasteiger partial charge >= 0.3 is 0 Å². The fourth-order valence-electron chi connectivity index (χ4n) is 1.85. The van der Waals surface area contributed by atoms with Gasteiger partial charge in [-0.2, -0.15) is 0 Å². The van der Waals surface area contributed by atoms with E-state index < -0.39 is 13.9 Å². The third-order valence-electron chi connectivity index (χ3n) is 4.31. The zero-order valence-corrected chi connectivity index (χ0v) is 13.2. The van der Waals surface area contributed by atoms with E-state index in [0.717, 1.165) is 19.4 Å². The minimum absolute atomic E-state index is 0.274. The van der Waals surface area contributed by atoms with Crippen LogP contribution in [-0.2, 0) is 4.43 Å². The van der Waals surface area contributed by atoms with Gasteiger partial charge in [0.2, 0.25) is 0 Å². The van der Waals surface area contributed by atoms with Gasteiger partial charge in [0.05, 0.1) is 5.60 Å². The zero-order chi connectivity index (χ0) is 13.3. The van der Waals surface area contributed by atoms with E-state index in [9.17, 15) is 5.11 Å². The van der Waals surface area contributed by atoms with Gasteiger partial charge in [0.1, 0.15) is 0 Å². The third kappa shape index (κ3) is 3.67. The smallest absolute Gasteiger partial charge is 0.191 e. The van der Waals surface area contributed by atoms with E-state index in [0.29, 0.717) is 5.92 Å². The number of allylic oxidation sites excluding steroid dienone is 1. The van der Waals surface area contributed by atoms with Crippen molar-refractivity contribution in [3.8, 4) is 0 Å². The predicted molar refractivity (Wildman–Crippen MR) is 75.6 cm³/mol. The molecule has 2 atom stereocenters. The number of aliphatic hydroxyl groups is 1. The quantitative estimate of drug-likeness (QED) is 0.600. The topological polar surface area (TPSA) is 29.5 Å². The van der Waals surface area contributed by atoms with Gasteiger partial charge in [0.15, 0.2) is 8.32 Å². The first-order valence-electron chi connectivity index (χ1n) is 6.62. The largest absolute Gasteiger partial charge is 0.417 e. The highest BCUT2D eigenvalue weighted by atomic mass is 28.4. The van der Waals surface area contributed by atoms with Crippen molar-refractivity contribution in [1.82, 2.24) is 0 Å². The van der Waals surface area contributed by atoms with Gasteiger partial charge in [0, 0.05) is 6.61 Å². The van der Waals surface area contributed by atoms with E-state index in [2.05, 4.69) is 33.9 Å². The maximum atomic E-state index is 10.0. The molecule has 0 aromatic heterocycles. The van der Waals surface area contributed by atoms with Crippen molar-refractivity contribution < 1.29 is 9.53 Å². The number of hydrogen-bond donors (Lipinski definition) is 1. The molecule has 1 saturated carbocycles. The second-order valence-corrected chi connectivity index (χ2v) is 11.6. The maximum Gasteiger partial charge on any atom is 0.191 e. The van der Waals surface area contributed by atoms with Crippen LogP contribution in [0.3, 0.4) is 0 Å². The molecule has 0 bridgehead atoms. The summed E-state index contributed by atoms with van der Waals surface area (Å²) in [5, 5.41) is 10.3. The molecule has 0 aromatic carbocycles. The predicted octanol–water partition coefficient (Wildman–Crippen LogP) is 3.73. The lowest BCUT2D eigenvalue weighted by Gasteiger charge is -2.36. The van der Waals surface area contributed by atoms with E-state index in [1.54, 1.807) is 0 Å². The van der Waals surface area contributed by atoms with Gasteiger partial charge < -0.3 is 9.53 Å². The van der Waals surface area contributed by atoms with Crippen LogP contribution in [0.1, 0.15) is 40.5 Å². The molecule has 1 N–H and O–H groups in total. The van der Waals surface area contributed by atoms with Crippen LogP contribution in [0.5, 0.6) is 0 Å². The minimum atomic E-state index is -1.61. The van der Waals surface area contributed by atoms with Crippen molar-refractivity contribution in [3.05, 3.63) is 12.2 Å². The van der Waals surface area contributed by atoms with E-state index >= 15 is 0 Å². The first-order chi connectivity index (χ1) is 7.62. The molecule has 2 nitrogen and oxygen atoms in total. The molecule has 100 valence electrons. The molecule has 3 heteroatoms. The molecule has 17 heavy (non-hydrogen) atoms. The molecular formula is C14H28O2Si. The van der Waals surface area contributed by atoms with Crippen molar-refractivity contribution in [2.24, 2.45) is 5.92 Å². The highest BCUT2D eigenvalue weighted by Gasteiger charge is 2.50. The van der Waals surface area contributed by atoms with Crippen molar-refractivity contribution in [2.75, 3.05) is 6.61 Å². The summed E-state index contributed by atoms with van der Waals surface area (Å²) < 4.78 is 6.12.